The van der Waals surface area contributed by atoms with Crippen LogP contribution in [0, 0.1) is 0 Å². The Balaban J connectivity index is 1.83. The van der Waals surface area contributed by atoms with Crippen LogP contribution in [-0.2, 0) is 11.2 Å². The van der Waals surface area contributed by atoms with E-state index in [2.05, 4.69) is 23.2 Å². The number of benzene rings is 1. The van der Waals surface area contributed by atoms with Crippen molar-refractivity contribution in [2.75, 3.05) is 18.9 Å². The second kappa shape index (κ2) is 7.57. The molecule has 0 atom stereocenters. The third-order valence-electron chi connectivity index (χ3n) is 4.38. The van der Waals surface area contributed by atoms with E-state index in [0.717, 1.165) is 37.8 Å². The quantitative estimate of drug-likeness (QED) is 0.875. The van der Waals surface area contributed by atoms with Crippen molar-refractivity contribution in [1.82, 2.24) is 4.90 Å². The molecule has 1 fully saturated rings. The SMILES string of the molecule is CCc1cccc(NC(=O)CN(C)C2CCC(N)CC2)c1. The summed E-state index contributed by atoms with van der Waals surface area (Å²) in [6.07, 6.45) is 5.29. The van der Waals surface area contributed by atoms with Crippen molar-refractivity contribution in [3.8, 4) is 0 Å². The van der Waals surface area contributed by atoms with Gasteiger partial charge in [0.2, 0.25) is 5.91 Å². The summed E-state index contributed by atoms with van der Waals surface area (Å²) in [4.78, 5) is 14.3. The molecule has 0 heterocycles. The van der Waals surface area contributed by atoms with Crippen LogP contribution < -0.4 is 11.1 Å². The largest absolute Gasteiger partial charge is 0.328 e. The van der Waals surface area contributed by atoms with E-state index in [-0.39, 0.29) is 5.91 Å². The van der Waals surface area contributed by atoms with Gasteiger partial charge in [-0.3, -0.25) is 9.69 Å². The summed E-state index contributed by atoms with van der Waals surface area (Å²) in [5, 5.41) is 2.99. The zero-order valence-corrected chi connectivity index (χ0v) is 13.1. The van der Waals surface area contributed by atoms with E-state index in [9.17, 15) is 4.79 Å². The molecular weight excluding hydrogens is 262 g/mol. The van der Waals surface area contributed by atoms with Crippen LogP contribution in [0.3, 0.4) is 0 Å². The van der Waals surface area contributed by atoms with E-state index >= 15 is 0 Å². The normalized spacial score (nSPS) is 22.3. The number of rotatable bonds is 5. The zero-order chi connectivity index (χ0) is 15.2. The summed E-state index contributed by atoms with van der Waals surface area (Å²) in [5.41, 5.74) is 8.06. The van der Waals surface area contributed by atoms with E-state index in [1.165, 1.54) is 5.56 Å². The van der Waals surface area contributed by atoms with Gasteiger partial charge in [-0.05, 0) is 56.8 Å². The number of likely N-dealkylation sites (N-methyl/N-ethyl adjacent to an activating group) is 1. The van der Waals surface area contributed by atoms with Gasteiger partial charge >= 0.3 is 0 Å². The first-order valence-electron chi connectivity index (χ1n) is 7.93. The molecule has 3 N–H and O–H groups in total. The number of carbonyl (C=O) groups is 1. The summed E-state index contributed by atoms with van der Waals surface area (Å²) >= 11 is 0. The van der Waals surface area contributed by atoms with E-state index in [1.807, 2.05) is 25.2 Å². The van der Waals surface area contributed by atoms with E-state index in [0.29, 0.717) is 18.6 Å². The van der Waals surface area contributed by atoms with E-state index in [4.69, 9.17) is 5.73 Å². The fourth-order valence-electron chi connectivity index (χ4n) is 2.97. The lowest BCUT2D eigenvalue weighted by Crippen LogP contribution is -2.42. The van der Waals surface area contributed by atoms with Crippen molar-refractivity contribution in [3.63, 3.8) is 0 Å². The van der Waals surface area contributed by atoms with Crippen LogP contribution in [0.15, 0.2) is 24.3 Å². The average molecular weight is 289 g/mol. The van der Waals surface area contributed by atoms with Crippen LogP contribution in [-0.4, -0.2) is 36.5 Å². The lowest BCUT2D eigenvalue weighted by Gasteiger charge is -2.33. The zero-order valence-electron chi connectivity index (χ0n) is 13.1. The molecule has 21 heavy (non-hydrogen) atoms. The Labute approximate surface area is 127 Å². The second-order valence-electron chi connectivity index (χ2n) is 6.09. The van der Waals surface area contributed by atoms with Gasteiger partial charge < -0.3 is 11.1 Å². The third-order valence-corrected chi connectivity index (χ3v) is 4.38. The highest BCUT2D eigenvalue weighted by Crippen LogP contribution is 2.21. The lowest BCUT2D eigenvalue weighted by atomic mass is 9.91. The molecule has 4 heteroatoms. The van der Waals surface area contributed by atoms with Gasteiger partial charge in [0.05, 0.1) is 6.54 Å². The minimum Gasteiger partial charge on any atom is -0.328 e. The number of nitrogens with two attached hydrogens (primary N) is 1. The topological polar surface area (TPSA) is 58.4 Å². The van der Waals surface area contributed by atoms with Crippen LogP contribution in [0.4, 0.5) is 5.69 Å². The summed E-state index contributed by atoms with van der Waals surface area (Å²) in [7, 11) is 2.03. The van der Waals surface area contributed by atoms with Gasteiger partial charge in [0.15, 0.2) is 0 Å². The molecule has 1 saturated carbocycles. The van der Waals surface area contributed by atoms with Crippen molar-refractivity contribution in [2.24, 2.45) is 5.73 Å². The molecule has 1 aliphatic carbocycles. The Bertz CT molecular complexity index is 467. The predicted molar refractivity (Wildman–Crippen MR) is 87.3 cm³/mol. The van der Waals surface area contributed by atoms with Gasteiger partial charge in [-0.2, -0.15) is 0 Å². The maximum Gasteiger partial charge on any atom is 0.238 e. The number of carbonyl (C=O) groups excluding carboxylic acids is 1. The summed E-state index contributed by atoms with van der Waals surface area (Å²) < 4.78 is 0. The molecule has 1 aromatic carbocycles. The van der Waals surface area contributed by atoms with Crippen molar-refractivity contribution >= 4 is 11.6 Å². The molecular formula is C17H27N3O. The monoisotopic (exact) mass is 289 g/mol. The van der Waals surface area contributed by atoms with Gasteiger partial charge in [0, 0.05) is 17.8 Å². The van der Waals surface area contributed by atoms with E-state index in [1.54, 1.807) is 0 Å². The van der Waals surface area contributed by atoms with Gasteiger partial charge in [0.1, 0.15) is 0 Å². The Morgan fingerprint density at radius 3 is 2.71 bits per heavy atom. The van der Waals surface area contributed by atoms with Gasteiger partial charge in [-0.15, -0.1) is 0 Å². The highest BCUT2D eigenvalue weighted by Gasteiger charge is 2.23. The smallest absolute Gasteiger partial charge is 0.238 e. The predicted octanol–water partition coefficient (Wildman–Crippen LogP) is 2.39. The molecule has 0 aromatic heterocycles. The van der Waals surface area contributed by atoms with Crippen molar-refractivity contribution in [1.29, 1.82) is 0 Å². The number of hydrogen-bond acceptors (Lipinski definition) is 3. The molecule has 0 spiro atoms. The van der Waals surface area contributed by atoms with Crippen LogP contribution in [0.2, 0.25) is 0 Å². The van der Waals surface area contributed by atoms with Crippen molar-refractivity contribution in [3.05, 3.63) is 29.8 Å². The highest BCUT2D eigenvalue weighted by atomic mass is 16.2. The summed E-state index contributed by atoms with van der Waals surface area (Å²) in [5.74, 6) is 0.0561. The second-order valence-corrected chi connectivity index (χ2v) is 6.09. The van der Waals surface area contributed by atoms with Gasteiger partial charge in [-0.1, -0.05) is 19.1 Å². The molecule has 4 nitrogen and oxygen atoms in total. The van der Waals surface area contributed by atoms with Crippen LogP contribution >= 0.6 is 0 Å². The fourth-order valence-corrected chi connectivity index (χ4v) is 2.97. The lowest BCUT2D eigenvalue weighted by molar-refractivity contribution is -0.117. The standard InChI is InChI=1S/C17H27N3O/c1-3-13-5-4-6-15(11-13)19-17(21)12-20(2)16-9-7-14(18)8-10-16/h4-6,11,14,16H,3,7-10,12,18H2,1-2H3,(H,19,21). The number of aryl methyl sites for hydroxylation is 1. The number of nitrogens with one attached hydrogen (secondary N) is 1. The fraction of sp³-hybridized carbons (Fsp3) is 0.588. The van der Waals surface area contributed by atoms with Crippen molar-refractivity contribution in [2.45, 2.75) is 51.1 Å². The number of nitrogens with zero attached hydrogens (tertiary/aromatic N) is 1. The van der Waals surface area contributed by atoms with Crippen LogP contribution in [0.25, 0.3) is 0 Å². The molecule has 0 unspecified atom stereocenters. The molecule has 0 bridgehead atoms. The number of hydrogen-bond donors (Lipinski definition) is 2. The molecule has 1 aromatic rings. The van der Waals surface area contributed by atoms with Gasteiger partial charge in [-0.25, -0.2) is 0 Å². The minimum absolute atomic E-state index is 0.0561. The maximum atomic E-state index is 12.2. The average Bonchev–Trinajstić information content (AvgIpc) is 2.47. The minimum atomic E-state index is 0.0561. The molecule has 2 rings (SSSR count). The molecule has 116 valence electrons. The van der Waals surface area contributed by atoms with Gasteiger partial charge in [0.25, 0.3) is 0 Å². The van der Waals surface area contributed by atoms with Crippen molar-refractivity contribution < 1.29 is 4.79 Å². The Kier molecular flexibility index (Phi) is 5.76. The highest BCUT2D eigenvalue weighted by molar-refractivity contribution is 5.92. The third kappa shape index (κ3) is 4.83. The molecule has 1 aliphatic rings. The molecule has 0 saturated heterocycles. The molecule has 0 radical (unpaired) electrons. The Morgan fingerprint density at radius 2 is 2.05 bits per heavy atom. The molecule has 1 amide bonds. The summed E-state index contributed by atoms with van der Waals surface area (Å²) in [6.45, 7) is 2.55. The van der Waals surface area contributed by atoms with Crippen LogP contribution in [0.1, 0.15) is 38.2 Å². The van der Waals surface area contributed by atoms with Crippen LogP contribution in [0.5, 0.6) is 0 Å². The number of anilines is 1. The first-order chi connectivity index (χ1) is 10.1. The van der Waals surface area contributed by atoms with E-state index < -0.39 is 0 Å². The summed E-state index contributed by atoms with van der Waals surface area (Å²) in [6, 6.07) is 8.87. The Hall–Kier alpha value is -1.39. The first kappa shape index (κ1) is 16.0. The first-order valence-corrected chi connectivity index (χ1v) is 7.93. The Morgan fingerprint density at radius 1 is 1.33 bits per heavy atom. The number of amides is 1. The molecule has 0 aliphatic heterocycles. The maximum absolute atomic E-state index is 12.2.